The van der Waals surface area contributed by atoms with E-state index in [0.29, 0.717) is 0 Å². The van der Waals surface area contributed by atoms with E-state index in [4.69, 9.17) is 0 Å². The molecule has 0 atom stereocenters. The largest absolute Gasteiger partial charge is 0.433 e. The first kappa shape index (κ1) is 17.0. The summed E-state index contributed by atoms with van der Waals surface area (Å²) in [5, 5.41) is 0. The van der Waals surface area contributed by atoms with Crippen LogP contribution in [-0.4, -0.2) is 4.98 Å². The number of aromatic nitrogens is 1. The van der Waals surface area contributed by atoms with Crippen LogP contribution in [0, 0.1) is 0 Å². The zero-order valence-electron chi connectivity index (χ0n) is 12.6. The standard InChI is InChI=1S/C16H24F3N/c1-4-6-10-15(3,11-7-5-2)13-8-9-14(20-12-13)16(17,18)19/h8-9,12H,4-7,10-11H2,1-3H3. The van der Waals surface area contributed by atoms with E-state index < -0.39 is 11.9 Å². The third kappa shape index (κ3) is 4.50. The van der Waals surface area contributed by atoms with Gasteiger partial charge in [-0.2, -0.15) is 13.2 Å². The molecule has 1 rings (SSSR count). The van der Waals surface area contributed by atoms with Crippen molar-refractivity contribution in [1.82, 2.24) is 4.98 Å². The van der Waals surface area contributed by atoms with Crippen molar-refractivity contribution in [2.45, 2.75) is 70.9 Å². The van der Waals surface area contributed by atoms with Crippen molar-refractivity contribution in [3.8, 4) is 0 Å². The first-order valence-electron chi connectivity index (χ1n) is 7.37. The lowest BCUT2D eigenvalue weighted by Gasteiger charge is -2.30. The van der Waals surface area contributed by atoms with Crippen LogP contribution >= 0.6 is 0 Å². The second-order valence-electron chi connectivity index (χ2n) is 5.70. The molecule has 114 valence electrons. The number of hydrogen-bond donors (Lipinski definition) is 0. The van der Waals surface area contributed by atoms with Crippen LogP contribution in [-0.2, 0) is 11.6 Å². The van der Waals surface area contributed by atoms with Gasteiger partial charge in [0.2, 0.25) is 0 Å². The van der Waals surface area contributed by atoms with Crippen molar-refractivity contribution in [2.24, 2.45) is 0 Å². The van der Waals surface area contributed by atoms with Crippen LogP contribution < -0.4 is 0 Å². The molecule has 1 heterocycles. The number of halogens is 3. The third-order valence-electron chi connectivity index (χ3n) is 3.92. The molecule has 0 spiro atoms. The highest BCUT2D eigenvalue weighted by atomic mass is 19.4. The van der Waals surface area contributed by atoms with Gasteiger partial charge in [0.15, 0.2) is 0 Å². The molecular formula is C16H24F3N. The van der Waals surface area contributed by atoms with E-state index in [1.54, 1.807) is 6.07 Å². The molecule has 1 aromatic rings. The van der Waals surface area contributed by atoms with Crippen LogP contribution in [0.5, 0.6) is 0 Å². The summed E-state index contributed by atoms with van der Waals surface area (Å²) in [6, 6.07) is 2.70. The van der Waals surface area contributed by atoms with Crippen molar-refractivity contribution in [1.29, 1.82) is 0 Å². The Labute approximate surface area is 119 Å². The Hall–Kier alpha value is -1.06. The number of hydrogen-bond acceptors (Lipinski definition) is 1. The Morgan fingerprint density at radius 1 is 1.00 bits per heavy atom. The first-order chi connectivity index (χ1) is 9.33. The highest BCUT2D eigenvalue weighted by Gasteiger charge is 2.33. The molecule has 0 N–H and O–H groups in total. The smallest absolute Gasteiger partial charge is 0.251 e. The van der Waals surface area contributed by atoms with Crippen molar-refractivity contribution in [3.63, 3.8) is 0 Å². The quantitative estimate of drug-likeness (QED) is 0.623. The highest BCUT2D eigenvalue weighted by Crippen LogP contribution is 2.36. The molecule has 1 aromatic heterocycles. The van der Waals surface area contributed by atoms with Gasteiger partial charge in [0.1, 0.15) is 5.69 Å². The average Bonchev–Trinajstić information content (AvgIpc) is 2.42. The maximum absolute atomic E-state index is 12.6. The highest BCUT2D eigenvalue weighted by molar-refractivity contribution is 5.24. The van der Waals surface area contributed by atoms with Gasteiger partial charge in [-0.3, -0.25) is 4.98 Å². The zero-order chi connectivity index (χ0) is 15.2. The molecule has 1 nitrogen and oxygen atoms in total. The Balaban J connectivity index is 2.95. The molecule has 0 aliphatic heterocycles. The van der Waals surface area contributed by atoms with Gasteiger partial charge in [-0.15, -0.1) is 0 Å². The number of nitrogens with zero attached hydrogens (tertiary/aromatic N) is 1. The molecule has 20 heavy (non-hydrogen) atoms. The molecule has 0 saturated carbocycles. The minimum absolute atomic E-state index is 0.0663. The van der Waals surface area contributed by atoms with E-state index >= 15 is 0 Å². The molecular weight excluding hydrogens is 263 g/mol. The van der Waals surface area contributed by atoms with Gasteiger partial charge >= 0.3 is 6.18 Å². The minimum Gasteiger partial charge on any atom is -0.251 e. The van der Waals surface area contributed by atoms with Crippen molar-refractivity contribution >= 4 is 0 Å². The fourth-order valence-corrected chi connectivity index (χ4v) is 2.47. The molecule has 0 aromatic carbocycles. The maximum Gasteiger partial charge on any atom is 0.433 e. The number of rotatable bonds is 7. The van der Waals surface area contributed by atoms with Crippen molar-refractivity contribution < 1.29 is 13.2 Å². The number of pyridine rings is 1. The molecule has 0 saturated heterocycles. The number of alkyl halides is 3. The van der Waals surface area contributed by atoms with Gasteiger partial charge < -0.3 is 0 Å². The van der Waals surface area contributed by atoms with Crippen LogP contribution in [0.15, 0.2) is 18.3 Å². The first-order valence-corrected chi connectivity index (χ1v) is 7.37. The van der Waals surface area contributed by atoms with Gasteiger partial charge in [0.05, 0.1) is 0 Å². The summed E-state index contributed by atoms with van der Waals surface area (Å²) in [5.41, 5.74) is 0.0466. The summed E-state index contributed by atoms with van der Waals surface area (Å²) in [5.74, 6) is 0. The molecule has 4 heteroatoms. The lowest BCUT2D eigenvalue weighted by molar-refractivity contribution is -0.141. The predicted octanol–water partition coefficient (Wildman–Crippen LogP) is 5.74. The van der Waals surface area contributed by atoms with Crippen LogP contribution in [0.1, 0.15) is 70.6 Å². The van der Waals surface area contributed by atoms with E-state index in [1.807, 2.05) is 0 Å². The normalized spacial score (nSPS) is 12.7. The van der Waals surface area contributed by atoms with Gasteiger partial charge in [0.25, 0.3) is 0 Å². The van der Waals surface area contributed by atoms with E-state index in [-0.39, 0.29) is 5.41 Å². The zero-order valence-corrected chi connectivity index (χ0v) is 12.6. The average molecular weight is 287 g/mol. The summed E-state index contributed by atoms with van der Waals surface area (Å²) >= 11 is 0. The van der Waals surface area contributed by atoms with E-state index in [0.717, 1.165) is 50.2 Å². The van der Waals surface area contributed by atoms with Crippen LogP contribution in [0.2, 0.25) is 0 Å². The predicted molar refractivity (Wildman–Crippen MR) is 75.6 cm³/mol. The molecule has 0 unspecified atom stereocenters. The van der Waals surface area contributed by atoms with Gasteiger partial charge in [-0.25, -0.2) is 0 Å². The second kappa shape index (κ2) is 7.09. The second-order valence-corrected chi connectivity index (χ2v) is 5.70. The maximum atomic E-state index is 12.6. The summed E-state index contributed by atoms with van der Waals surface area (Å²) in [7, 11) is 0. The molecule has 0 aliphatic rings. The Bertz CT molecular complexity index is 387. The summed E-state index contributed by atoms with van der Waals surface area (Å²) in [4.78, 5) is 3.61. The fourth-order valence-electron chi connectivity index (χ4n) is 2.47. The molecule has 0 aliphatic carbocycles. The van der Waals surface area contributed by atoms with Gasteiger partial charge in [-0.05, 0) is 29.9 Å². The lowest BCUT2D eigenvalue weighted by atomic mass is 9.75. The molecule has 0 radical (unpaired) electrons. The molecule has 0 amide bonds. The summed E-state index contributed by atoms with van der Waals surface area (Å²) in [6.45, 7) is 6.40. The topological polar surface area (TPSA) is 12.9 Å². The van der Waals surface area contributed by atoms with E-state index in [9.17, 15) is 13.2 Å². The van der Waals surface area contributed by atoms with Gasteiger partial charge in [-0.1, -0.05) is 52.5 Å². The minimum atomic E-state index is -4.36. The number of unbranched alkanes of at least 4 members (excludes halogenated alkanes) is 2. The monoisotopic (exact) mass is 287 g/mol. The van der Waals surface area contributed by atoms with E-state index in [1.165, 1.54) is 6.20 Å². The third-order valence-corrected chi connectivity index (χ3v) is 3.92. The summed E-state index contributed by atoms with van der Waals surface area (Å²) < 4.78 is 37.7. The van der Waals surface area contributed by atoms with Gasteiger partial charge in [0, 0.05) is 6.20 Å². The van der Waals surface area contributed by atoms with Crippen LogP contribution in [0.25, 0.3) is 0 Å². The molecule has 0 fully saturated rings. The van der Waals surface area contributed by atoms with Crippen molar-refractivity contribution in [3.05, 3.63) is 29.6 Å². The fraction of sp³-hybridized carbons (Fsp3) is 0.688. The van der Waals surface area contributed by atoms with Crippen LogP contribution in [0.3, 0.4) is 0 Å². The SMILES string of the molecule is CCCCC(C)(CCCC)c1ccc(C(F)(F)F)nc1. The van der Waals surface area contributed by atoms with Crippen molar-refractivity contribution in [2.75, 3.05) is 0 Å². The Morgan fingerprint density at radius 2 is 1.55 bits per heavy atom. The van der Waals surface area contributed by atoms with E-state index in [2.05, 4.69) is 25.8 Å². The lowest BCUT2D eigenvalue weighted by Crippen LogP contribution is -2.23. The Kier molecular flexibility index (Phi) is 6.03. The summed E-state index contributed by atoms with van der Waals surface area (Å²) in [6.07, 6.45) is 3.40. The van der Waals surface area contributed by atoms with Crippen LogP contribution in [0.4, 0.5) is 13.2 Å². The Morgan fingerprint density at radius 3 is 1.90 bits per heavy atom. The molecule has 0 bridgehead atoms.